The number of hydrogen-bond acceptors (Lipinski definition) is 10. The third-order valence-electron chi connectivity index (χ3n) is 15.9. The summed E-state index contributed by atoms with van der Waals surface area (Å²) < 4.78 is 12.1. The molecule has 0 spiro atoms. The van der Waals surface area contributed by atoms with Gasteiger partial charge in [-0.25, -0.2) is 4.79 Å². The lowest BCUT2D eigenvalue weighted by atomic mass is 9.59. The molecule has 0 amide bonds. The van der Waals surface area contributed by atoms with E-state index in [0.29, 0.717) is 44.2 Å². The van der Waals surface area contributed by atoms with Crippen LogP contribution in [-0.4, -0.2) is 80.0 Å². The number of ether oxygens (including phenoxy) is 2. The van der Waals surface area contributed by atoms with Crippen molar-refractivity contribution in [1.82, 2.24) is 9.96 Å². The van der Waals surface area contributed by atoms with E-state index in [-0.39, 0.29) is 82.2 Å². The molecular formula is C63H96N2O8. The van der Waals surface area contributed by atoms with E-state index < -0.39 is 22.5 Å². The number of nitrogens with zero attached hydrogens (tertiary/aromatic N) is 2. The SMILES string of the molecule is CC(C)(C)c1cc(CCC(=O)OCCN2C(C)(C)CC(CCOC(=O)CCc3cc(C(C)(C)C)cc(C(C)(C)C)c3O)(c3ccccc3C(=O)ON3C(C)(C)CCCC3(C)C)CC2(C)C)c(O)c(C(C)(C)C)c1. The van der Waals surface area contributed by atoms with E-state index in [9.17, 15) is 24.6 Å². The third kappa shape index (κ3) is 14.1. The molecule has 2 aliphatic rings. The summed E-state index contributed by atoms with van der Waals surface area (Å²) in [5, 5.41) is 24.8. The van der Waals surface area contributed by atoms with Crippen LogP contribution in [-0.2, 0) is 63.8 Å². The van der Waals surface area contributed by atoms with E-state index in [1.807, 2.05) is 41.5 Å². The normalized spacial score (nSPS) is 19.0. The molecule has 73 heavy (non-hydrogen) atoms. The fourth-order valence-corrected chi connectivity index (χ4v) is 12.3. The average Bonchev–Trinajstić information content (AvgIpc) is 3.23. The van der Waals surface area contributed by atoms with Gasteiger partial charge < -0.3 is 24.5 Å². The number of carbonyl (C=O) groups is 3. The molecule has 0 aromatic heterocycles. The number of rotatable bonds is 15. The molecule has 0 aliphatic carbocycles. The Bertz CT molecular complexity index is 2430. The van der Waals surface area contributed by atoms with Gasteiger partial charge in [0.15, 0.2) is 0 Å². The van der Waals surface area contributed by atoms with Crippen LogP contribution in [0.3, 0.4) is 0 Å². The minimum atomic E-state index is -0.639. The summed E-state index contributed by atoms with van der Waals surface area (Å²) in [4.78, 5) is 50.9. The van der Waals surface area contributed by atoms with Gasteiger partial charge in [0.2, 0.25) is 0 Å². The second-order valence-corrected chi connectivity index (χ2v) is 28.4. The number of phenols is 2. The molecule has 10 heteroatoms. The van der Waals surface area contributed by atoms with Gasteiger partial charge in [-0.1, -0.05) is 126 Å². The number of phenolic OH excluding ortho intramolecular Hbond substituents is 2. The van der Waals surface area contributed by atoms with E-state index >= 15 is 0 Å². The monoisotopic (exact) mass is 1010 g/mol. The number of hydrogen-bond donors (Lipinski definition) is 2. The fourth-order valence-electron chi connectivity index (χ4n) is 12.3. The number of piperidine rings is 2. The van der Waals surface area contributed by atoms with Gasteiger partial charge in [0.05, 0.1) is 23.2 Å². The smallest absolute Gasteiger partial charge is 0.357 e. The Morgan fingerprint density at radius 2 is 1.00 bits per heavy atom. The molecule has 2 N–H and O–H groups in total. The predicted octanol–water partition coefficient (Wildman–Crippen LogP) is 14.0. The van der Waals surface area contributed by atoms with Crippen molar-refractivity contribution in [3.05, 3.63) is 93.0 Å². The van der Waals surface area contributed by atoms with Gasteiger partial charge in [-0.15, -0.1) is 5.06 Å². The van der Waals surface area contributed by atoms with Gasteiger partial charge in [-0.05, 0) is 173 Å². The van der Waals surface area contributed by atoms with Crippen LogP contribution in [0.15, 0.2) is 48.5 Å². The van der Waals surface area contributed by atoms with Crippen LogP contribution < -0.4 is 0 Å². The molecule has 0 bridgehead atoms. The van der Waals surface area contributed by atoms with E-state index in [2.05, 4.69) is 156 Å². The Morgan fingerprint density at radius 3 is 1.42 bits per heavy atom. The lowest BCUT2D eigenvalue weighted by Gasteiger charge is -2.60. The molecule has 2 heterocycles. The molecular weight excluding hydrogens is 913 g/mol. The molecule has 10 nitrogen and oxygen atoms in total. The van der Waals surface area contributed by atoms with Crippen molar-refractivity contribution in [3.8, 4) is 11.5 Å². The van der Waals surface area contributed by atoms with Crippen LogP contribution in [0.1, 0.15) is 239 Å². The van der Waals surface area contributed by atoms with Crippen LogP contribution >= 0.6 is 0 Å². The lowest BCUT2D eigenvalue weighted by molar-refractivity contribution is -0.240. The first-order chi connectivity index (χ1) is 33.2. The van der Waals surface area contributed by atoms with Crippen molar-refractivity contribution >= 4 is 17.9 Å². The molecule has 3 aromatic rings. The number of aromatic hydroxyl groups is 2. The molecule has 2 saturated heterocycles. The summed E-state index contributed by atoms with van der Waals surface area (Å²) in [5.74, 6) is -0.593. The highest BCUT2D eigenvalue weighted by Crippen LogP contribution is 2.53. The van der Waals surface area contributed by atoms with Gasteiger partial charge in [0.25, 0.3) is 0 Å². The number of likely N-dealkylation sites (tertiary alicyclic amines) is 1. The molecule has 0 unspecified atom stereocenters. The maximum Gasteiger partial charge on any atom is 0.357 e. The van der Waals surface area contributed by atoms with Gasteiger partial charge in [0.1, 0.15) is 18.1 Å². The number of aryl methyl sites for hydroxylation is 2. The predicted molar refractivity (Wildman–Crippen MR) is 296 cm³/mol. The third-order valence-corrected chi connectivity index (χ3v) is 15.9. The van der Waals surface area contributed by atoms with Crippen LogP contribution in [0.4, 0.5) is 0 Å². The van der Waals surface area contributed by atoms with Gasteiger partial charge in [-0.3, -0.25) is 14.5 Å². The van der Waals surface area contributed by atoms with Gasteiger partial charge >= 0.3 is 17.9 Å². The first-order valence-electron chi connectivity index (χ1n) is 27.2. The van der Waals surface area contributed by atoms with Crippen molar-refractivity contribution in [3.63, 3.8) is 0 Å². The molecule has 3 aromatic carbocycles. The average molecular weight is 1010 g/mol. The Morgan fingerprint density at radius 1 is 0.575 bits per heavy atom. The highest BCUT2D eigenvalue weighted by molar-refractivity contribution is 5.91. The largest absolute Gasteiger partial charge is 0.507 e. The number of hydroxylamine groups is 2. The quantitative estimate of drug-likeness (QED) is 0.142. The highest BCUT2D eigenvalue weighted by Gasteiger charge is 2.54. The molecule has 0 saturated carbocycles. The van der Waals surface area contributed by atoms with Crippen molar-refractivity contribution in [2.45, 2.75) is 252 Å². The maximum absolute atomic E-state index is 14.7. The molecule has 0 atom stereocenters. The Balaban J connectivity index is 1.39. The van der Waals surface area contributed by atoms with Crippen LogP contribution in [0.2, 0.25) is 0 Å². The van der Waals surface area contributed by atoms with Crippen molar-refractivity contribution in [1.29, 1.82) is 0 Å². The zero-order chi connectivity index (χ0) is 55.1. The summed E-state index contributed by atoms with van der Waals surface area (Å²) in [6.07, 6.45) is 5.49. The lowest BCUT2D eigenvalue weighted by Crippen LogP contribution is -2.65. The van der Waals surface area contributed by atoms with Crippen molar-refractivity contribution in [2.24, 2.45) is 0 Å². The van der Waals surface area contributed by atoms with E-state index in [1.165, 1.54) is 0 Å². The zero-order valence-electron chi connectivity index (χ0n) is 49.0. The first-order valence-corrected chi connectivity index (χ1v) is 27.2. The molecule has 5 rings (SSSR count). The van der Waals surface area contributed by atoms with Crippen LogP contribution in [0.25, 0.3) is 0 Å². The van der Waals surface area contributed by atoms with Crippen molar-refractivity contribution < 1.29 is 38.9 Å². The highest BCUT2D eigenvalue weighted by atomic mass is 16.7. The van der Waals surface area contributed by atoms with Crippen LogP contribution in [0, 0.1) is 0 Å². The van der Waals surface area contributed by atoms with Crippen molar-refractivity contribution in [2.75, 3.05) is 19.8 Å². The summed E-state index contributed by atoms with van der Waals surface area (Å²) in [6.45, 7) is 43.6. The second-order valence-electron chi connectivity index (χ2n) is 28.4. The summed E-state index contributed by atoms with van der Waals surface area (Å²) in [6, 6.07) is 16.0. The zero-order valence-corrected chi connectivity index (χ0v) is 49.0. The maximum atomic E-state index is 14.7. The molecule has 406 valence electrons. The van der Waals surface area contributed by atoms with Gasteiger partial charge in [-0.2, -0.15) is 0 Å². The van der Waals surface area contributed by atoms with E-state index in [0.717, 1.165) is 58.2 Å². The van der Waals surface area contributed by atoms with E-state index in [4.69, 9.17) is 14.3 Å². The molecule has 0 radical (unpaired) electrons. The Kier molecular flexibility index (Phi) is 17.4. The minimum Gasteiger partial charge on any atom is -0.507 e. The summed E-state index contributed by atoms with van der Waals surface area (Å²) in [7, 11) is 0. The van der Waals surface area contributed by atoms with E-state index in [1.54, 1.807) is 0 Å². The number of benzene rings is 3. The Hall–Kier alpha value is -4.41. The first kappa shape index (κ1) is 59.5. The number of carbonyl (C=O) groups excluding carboxylic acids is 3. The topological polar surface area (TPSA) is 126 Å². The molecule has 2 fully saturated rings. The Labute approximate surface area is 441 Å². The van der Waals surface area contributed by atoms with Gasteiger partial charge in [0, 0.05) is 35.9 Å². The molecule has 2 aliphatic heterocycles. The fraction of sp³-hybridized carbons (Fsp3) is 0.667. The minimum absolute atomic E-state index is 0.105. The standard InChI is InChI=1S/C63H96N2O8/c1-55(2,3)44-36-42(52(68)48(38-44)57(7,8)9)26-28-50(66)71-34-32-63(47-25-22-21-24-46(47)54(70)73-65-59(13,14)30-23-31-60(65,15)16)40-61(17,18)64(62(19,20)41-63)33-35-72-51(67)29-27-43-37-45(56(4,5)6)39-49(53(43)69)58(10,11)12/h21-22,24-25,36-39,68-69H,23,26-35,40-41H2,1-20H3. The van der Waals surface area contributed by atoms with Crippen LogP contribution in [0.5, 0.6) is 11.5 Å². The second kappa shape index (κ2) is 21.3. The summed E-state index contributed by atoms with van der Waals surface area (Å²) in [5.41, 5.74) is 3.65. The summed E-state index contributed by atoms with van der Waals surface area (Å²) >= 11 is 0. The number of esters is 2.